The van der Waals surface area contributed by atoms with Gasteiger partial charge in [0.2, 0.25) is 0 Å². The summed E-state index contributed by atoms with van der Waals surface area (Å²) in [5.74, 6) is -0.0421. The summed E-state index contributed by atoms with van der Waals surface area (Å²) in [7, 11) is 1.50. The van der Waals surface area contributed by atoms with Crippen LogP contribution < -0.4 is 0 Å². The zero-order chi connectivity index (χ0) is 15.3. The third-order valence-electron chi connectivity index (χ3n) is 4.64. The summed E-state index contributed by atoms with van der Waals surface area (Å²) in [6.45, 7) is 4.40. The molecule has 0 aromatic heterocycles. The number of nitrogens with zero attached hydrogens (tertiary/aromatic N) is 1. The van der Waals surface area contributed by atoms with Gasteiger partial charge >= 0.3 is 5.97 Å². The maximum absolute atomic E-state index is 11.6. The normalized spacial score (nSPS) is 19.0. The minimum atomic E-state index is -0.0421. The first kappa shape index (κ1) is 18.5. The number of likely N-dealkylation sites (tertiary alicyclic amines) is 1. The van der Waals surface area contributed by atoms with Crippen LogP contribution in [0.3, 0.4) is 0 Å². The molecule has 1 aliphatic heterocycles. The molecule has 0 bridgehead atoms. The molecule has 1 saturated heterocycles. The van der Waals surface area contributed by atoms with Crippen LogP contribution in [0.1, 0.15) is 84.0 Å². The van der Waals surface area contributed by atoms with Gasteiger partial charge in [-0.2, -0.15) is 0 Å². The lowest BCUT2D eigenvalue weighted by atomic mass is 10.1. The van der Waals surface area contributed by atoms with E-state index in [9.17, 15) is 4.79 Å². The molecule has 1 rings (SSSR count). The average molecular weight is 297 g/mol. The van der Waals surface area contributed by atoms with E-state index in [0.29, 0.717) is 0 Å². The van der Waals surface area contributed by atoms with E-state index in [2.05, 4.69) is 11.8 Å². The number of rotatable bonds is 12. The summed E-state index contributed by atoms with van der Waals surface area (Å²) in [6.07, 6.45) is 15.8. The minimum Gasteiger partial charge on any atom is -0.468 e. The van der Waals surface area contributed by atoms with Crippen molar-refractivity contribution in [2.45, 2.75) is 90.0 Å². The first-order chi connectivity index (χ1) is 10.3. The molecule has 1 atom stereocenters. The fourth-order valence-corrected chi connectivity index (χ4v) is 3.30. The Kier molecular flexibility index (Phi) is 10.6. The summed E-state index contributed by atoms with van der Waals surface area (Å²) in [5.41, 5.74) is 0. The van der Waals surface area contributed by atoms with Crippen LogP contribution in [-0.2, 0) is 9.53 Å². The molecule has 0 spiro atoms. The van der Waals surface area contributed by atoms with Gasteiger partial charge in [0.15, 0.2) is 0 Å². The second-order valence-electron chi connectivity index (χ2n) is 6.40. The molecule has 0 aromatic rings. The Hall–Kier alpha value is -0.570. The van der Waals surface area contributed by atoms with Gasteiger partial charge in [0.1, 0.15) is 6.04 Å². The molecule has 0 amide bonds. The minimum absolute atomic E-state index is 0.0357. The fraction of sp³-hybridized carbons (Fsp3) is 0.944. The van der Waals surface area contributed by atoms with Gasteiger partial charge in [0.25, 0.3) is 0 Å². The van der Waals surface area contributed by atoms with E-state index >= 15 is 0 Å². The SMILES string of the molecule is CCCCCCCCCCCCN1CCCC1C(=O)OC. The molecule has 0 radical (unpaired) electrons. The molecule has 0 N–H and O–H groups in total. The second kappa shape index (κ2) is 12.0. The number of methoxy groups -OCH3 is 1. The smallest absolute Gasteiger partial charge is 0.323 e. The number of hydrogen-bond donors (Lipinski definition) is 0. The van der Waals surface area contributed by atoms with Gasteiger partial charge in [-0.1, -0.05) is 64.7 Å². The molecule has 124 valence electrons. The van der Waals surface area contributed by atoms with Gasteiger partial charge < -0.3 is 4.74 Å². The Morgan fingerprint density at radius 3 is 2.14 bits per heavy atom. The van der Waals surface area contributed by atoms with Gasteiger partial charge in [0.05, 0.1) is 7.11 Å². The number of unbranched alkanes of at least 4 members (excludes halogenated alkanes) is 9. The van der Waals surface area contributed by atoms with Crippen LogP contribution in [0.25, 0.3) is 0 Å². The molecule has 0 saturated carbocycles. The predicted molar refractivity (Wildman–Crippen MR) is 88.5 cm³/mol. The van der Waals surface area contributed by atoms with Gasteiger partial charge in [-0.25, -0.2) is 0 Å². The highest BCUT2D eigenvalue weighted by atomic mass is 16.5. The topological polar surface area (TPSA) is 29.5 Å². The lowest BCUT2D eigenvalue weighted by Crippen LogP contribution is -2.37. The van der Waals surface area contributed by atoms with E-state index in [1.165, 1.54) is 71.3 Å². The lowest BCUT2D eigenvalue weighted by Gasteiger charge is -2.22. The first-order valence-electron chi connectivity index (χ1n) is 9.11. The summed E-state index contributed by atoms with van der Waals surface area (Å²) >= 11 is 0. The molecule has 3 heteroatoms. The molecule has 0 aromatic carbocycles. The van der Waals surface area contributed by atoms with Gasteiger partial charge in [-0.3, -0.25) is 9.69 Å². The molecular weight excluding hydrogens is 262 g/mol. The van der Waals surface area contributed by atoms with Crippen molar-refractivity contribution in [2.24, 2.45) is 0 Å². The van der Waals surface area contributed by atoms with E-state index in [-0.39, 0.29) is 12.0 Å². The summed E-state index contributed by atoms with van der Waals surface area (Å²) in [6, 6.07) is 0.0357. The zero-order valence-corrected chi connectivity index (χ0v) is 14.2. The maximum atomic E-state index is 11.6. The van der Waals surface area contributed by atoms with Crippen molar-refractivity contribution in [1.82, 2.24) is 4.90 Å². The van der Waals surface area contributed by atoms with E-state index in [4.69, 9.17) is 4.74 Å². The van der Waals surface area contributed by atoms with Crippen molar-refractivity contribution in [3.63, 3.8) is 0 Å². The van der Waals surface area contributed by atoms with Crippen molar-refractivity contribution in [3.8, 4) is 0 Å². The first-order valence-corrected chi connectivity index (χ1v) is 9.11. The van der Waals surface area contributed by atoms with Crippen LogP contribution in [0.5, 0.6) is 0 Å². The number of ether oxygens (including phenoxy) is 1. The molecule has 1 unspecified atom stereocenters. The van der Waals surface area contributed by atoms with Crippen LogP contribution in [-0.4, -0.2) is 37.1 Å². The van der Waals surface area contributed by atoms with Crippen molar-refractivity contribution in [1.29, 1.82) is 0 Å². The standard InChI is InChI=1S/C18H35NO2/c1-3-4-5-6-7-8-9-10-11-12-15-19-16-13-14-17(19)18(20)21-2/h17H,3-16H2,1-2H3. The number of carbonyl (C=O) groups excluding carboxylic acids is 1. The molecule has 1 heterocycles. The van der Waals surface area contributed by atoms with Gasteiger partial charge in [0, 0.05) is 0 Å². The number of hydrogen-bond acceptors (Lipinski definition) is 3. The highest BCUT2D eigenvalue weighted by Gasteiger charge is 2.30. The highest BCUT2D eigenvalue weighted by Crippen LogP contribution is 2.19. The van der Waals surface area contributed by atoms with E-state index < -0.39 is 0 Å². The Bertz CT molecular complexity index is 268. The number of carbonyl (C=O) groups is 1. The largest absolute Gasteiger partial charge is 0.468 e. The molecule has 21 heavy (non-hydrogen) atoms. The van der Waals surface area contributed by atoms with Gasteiger partial charge in [-0.05, 0) is 32.4 Å². The Morgan fingerprint density at radius 1 is 1.00 bits per heavy atom. The molecule has 3 nitrogen and oxygen atoms in total. The number of esters is 1. The van der Waals surface area contributed by atoms with Crippen LogP contribution >= 0.6 is 0 Å². The molecule has 1 fully saturated rings. The van der Waals surface area contributed by atoms with E-state index in [1.54, 1.807) is 0 Å². The van der Waals surface area contributed by atoms with Crippen LogP contribution in [0, 0.1) is 0 Å². The third-order valence-corrected chi connectivity index (χ3v) is 4.64. The van der Waals surface area contributed by atoms with Gasteiger partial charge in [-0.15, -0.1) is 0 Å². The molecular formula is C18H35NO2. The van der Waals surface area contributed by atoms with Crippen molar-refractivity contribution in [3.05, 3.63) is 0 Å². The summed E-state index contributed by atoms with van der Waals surface area (Å²) in [5, 5.41) is 0. The Balaban J connectivity index is 1.93. The fourth-order valence-electron chi connectivity index (χ4n) is 3.30. The van der Waals surface area contributed by atoms with Crippen LogP contribution in [0.15, 0.2) is 0 Å². The average Bonchev–Trinajstić information content (AvgIpc) is 2.97. The van der Waals surface area contributed by atoms with Crippen molar-refractivity contribution < 1.29 is 9.53 Å². The van der Waals surface area contributed by atoms with Crippen LogP contribution in [0.4, 0.5) is 0 Å². The van der Waals surface area contributed by atoms with Crippen molar-refractivity contribution >= 4 is 5.97 Å². The summed E-state index contributed by atoms with van der Waals surface area (Å²) in [4.78, 5) is 14.0. The van der Waals surface area contributed by atoms with Crippen molar-refractivity contribution in [2.75, 3.05) is 20.2 Å². The Morgan fingerprint density at radius 2 is 1.57 bits per heavy atom. The highest BCUT2D eigenvalue weighted by molar-refractivity contribution is 5.75. The monoisotopic (exact) mass is 297 g/mol. The molecule has 1 aliphatic rings. The predicted octanol–water partition coefficient (Wildman–Crippen LogP) is 4.54. The maximum Gasteiger partial charge on any atom is 0.323 e. The lowest BCUT2D eigenvalue weighted by molar-refractivity contribution is -0.145. The van der Waals surface area contributed by atoms with E-state index in [1.807, 2.05) is 0 Å². The van der Waals surface area contributed by atoms with E-state index in [0.717, 1.165) is 25.9 Å². The Labute approximate surface area is 131 Å². The molecule has 0 aliphatic carbocycles. The van der Waals surface area contributed by atoms with Crippen LogP contribution in [0.2, 0.25) is 0 Å². The summed E-state index contributed by atoms with van der Waals surface area (Å²) < 4.78 is 4.88. The zero-order valence-electron chi connectivity index (χ0n) is 14.2. The quantitative estimate of drug-likeness (QED) is 0.391. The third kappa shape index (κ3) is 7.85. The second-order valence-corrected chi connectivity index (χ2v) is 6.40.